The first-order chi connectivity index (χ1) is 11.9. The van der Waals surface area contributed by atoms with E-state index in [1.54, 1.807) is 18.2 Å². The van der Waals surface area contributed by atoms with Gasteiger partial charge in [-0.1, -0.05) is 18.2 Å². The third kappa shape index (κ3) is 3.24. The van der Waals surface area contributed by atoms with Crippen LogP contribution in [-0.2, 0) is 19.6 Å². The van der Waals surface area contributed by atoms with Crippen molar-refractivity contribution in [3.63, 3.8) is 0 Å². The Labute approximate surface area is 144 Å². The predicted octanol–water partition coefficient (Wildman–Crippen LogP) is 1.74. The summed E-state index contributed by atoms with van der Waals surface area (Å²) in [6.07, 6.45) is 1.20. The van der Waals surface area contributed by atoms with E-state index >= 15 is 0 Å². The number of carbonyl (C=O) groups excluding carboxylic acids is 2. The second-order valence-corrected chi connectivity index (χ2v) is 6.91. The number of rotatable bonds is 4. The molecule has 2 N–H and O–H groups in total. The van der Waals surface area contributed by atoms with E-state index in [1.165, 1.54) is 43.7 Å². The number of hydrogen-bond acceptors (Lipinski definition) is 5. The number of benzene rings is 2. The van der Waals surface area contributed by atoms with Gasteiger partial charge >= 0.3 is 0 Å². The summed E-state index contributed by atoms with van der Waals surface area (Å²) >= 11 is 0. The number of imide groups is 1. The molecule has 2 amide bonds. The minimum absolute atomic E-state index is 0.106. The molecule has 0 fully saturated rings. The lowest BCUT2D eigenvalue weighted by atomic mass is 9.95. The van der Waals surface area contributed by atoms with Gasteiger partial charge in [-0.25, -0.2) is 8.42 Å². The summed E-state index contributed by atoms with van der Waals surface area (Å²) in [6, 6.07) is 12.2. The van der Waals surface area contributed by atoms with Crippen LogP contribution in [0.2, 0.25) is 0 Å². The van der Waals surface area contributed by atoms with Crippen molar-refractivity contribution in [2.75, 3.05) is 11.8 Å². The van der Waals surface area contributed by atoms with Gasteiger partial charge in [0.15, 0.2) is 0 Å². The average Bonchev–Trinajstić information content (AvgIpc) is 2.59. The van der Waals surface area contributed by atoms with Crippen LogP contribution >= 0.6 is 0 Å². The molecule has 0 aliphatic carbocycles. The van der Waals surface area contributed by atoms with Crippen molar-refractivity contribution < 1.29 is 22.7 Å². The summed E-state index contributed by atoms with van der Waals surface area (Å²) < 4.78 is 32.1. The van der Waals surface area contributed by atoms with Crippen LogP contribution in [0.4, 0.5) is 5.69 Å². The third-order valence-corrected chi connectivity index (χ3v) is 4.96. The first-order valence-electron chi connectivity index (χ1n) is 7.23. The van der Waals surface area contributed by atoms with Crippen LogP contribution in [0, 0.1) is 0 Å². The lowest BCUT2D eigenvalue weighted by molar-refractivity contribution is -0.114. The topological polar surface area (TPSA) is 102 Å². The summed E-state index contributed by atoms with van der Waals surface area (Å²) in [5.41, 5.74) is 0.916. The zero-order valence-electron chi connectivity index (χ0n) is 13.1. The van der Waals surface area contributed by atoms with E-state index in [-0.39, 0.29) is 21.7 Å². The van der Waals surface area contributed by atoms with Crippen LogP contribution in [0.5, 0.6) is 0 Å². The maximum Gasteiger partial charge on any atom is 0.261 e. The van der Waals surface area contributed by atoms with Gasteiger partial charge in [-0.2, -0.15) is 0 Å². The Hall–Kier alpha value is -3.13. The molecule has 7 nitrogen and oxygen atoms in total. The number of anilines is 1. The third-order valence-electron chi connectivity index (χ3n) is 3.57. The summed E-state index contributed by atoms with van der Waals surface area (Å²) in [7, 11) is -2.41. The van der Waals surface area contributed by atoms with Crippen molar-refractivity contribution in [3.8, 4) is 0 Å². The molecule has 128 valence electrons. The van der Waals surface area contributed by atoms with Gasteiger partial charge in [0.2, 0.25) is 0 Å². The normalized spacial score (nSPS) is 15.5. The monoisotopic (exact) mass is 358 g/mol. The quantitative estimate of drug-likeness (QED) is 0.492. The largest absolute Gasteiger partial charge is 0.504 e. The second kappa shape index (κ2) is 6.40. The molecule has 0 saturated carbocycles. The summed E-state index contributed by atoms with van der Waals surface area (Å²) in [6.45, 7) is 0. The Bertz CT molecular complexity index is 981. The molecule has 1 aliphatic rings. The van der Waals surface area contributed by atoms with Crippen LogP contribution in [0.25, 0.3) is 5.57 Å². The lowest BCUT2D eigenvalue weighted by Gasteiger charge is -2.19. The smallest absolute Gasteiger partial charge is 0.261 e. The van der Waals surface area contributed by atoms with E-state index in [1.807, 2.05) is 0 Å². The van der Waals surface area contributed by atoms with Gasteiger partial charge < -0.3 is 4.74 Å². The highest BCUT2D eigenvalue weighted by Crippen LogP contribution is 2.28. The van der Waals surface area contributed by atoms with E-state index in [9.17, 15) is 18.0 Å². The van der Waals surface area contributed by atoms with Gasteiger partial charge in [-0.3, -0.25) is 19.6 Å². The van der Waals surface area contributed by atoms with Crippen LogP contribution in [0.1, 0.15) is 15.9 Å². The molecule has 2 aromatic carbocycles. The highest BCUT2D eigenvalue weighted by molar-refractivity contribution is 7.92. The number of nitrogens with one attached hydrogen (secondary N) is 2. The maximum absolute atomic E-state index is 12.4. The SMILES string of the molecule is COC=C1C(=O)NC(=O)c2ccc(NS(=O)(=O)c3ccccc3)cc21. The van der Waals surface area contributed by atoms with Gasteiger partial charge in [0.1, 0.15) is 0 Å². The predicted molar refractivity (Wildman–Crippen MR) is 91.2 cm³/mol. The summed E-state index contributed by atoms with van der Waals surface area (Å²) in [5.74, 6) is -1.16. The van der Waals surface area contributed by atoms with Crippen molar-refractivity contribution in [2.45, 2.75) is 4.90 Å². The summed E-state index contributed by atoms with van der Waals surface area (Å²) in [4.78, 5) is 24.0. The molecule has 8 heteroatoms. The number of methoxy groups -OCH3 is 1. The van der Waals surface area contributed by atoms with Crippen molar-refractivity contribution in [1.29, 1.82) is 0 Å². The van der Waals surface area contributed by atoms with Crippen LogP contribution < -0.4 is 10.0 Å². The van der Waals surface area contributed by atoms with E-state index in [4.69, 9.17) is 4.74 Å². The van der Waals surface area contributed by atoms with E-state index in [0.29, 0.717) is 5.56 Å². The molecule has 0 unspecified atom stereocenters. The van der Waals surface area contributed by atoms with Crippen LogP contribution in [0.3, 0.4) is 0 Å². The Kier molecular flexibility index (Phi) is 4.28. The molecule has 0 spiro atoms. The highest BCUT2D eigenvalue weighted by atomic mass is 32.2. The van der Waals surface area contributed by atoms with E-state index < -0.39 is 21.8 Å². The first kappa shape index (κ1) is 16.7. The van der Waals surface area contributed by atoms with Crippen molar-refractivity contribution >= 4 is 33.1 Å². The lowest BCUT2D eigenvalue weighted by Crippen LogP contribution is -2.36. The molecule has 0 atom stereocenters. The van der Waals surface area contributed by atoms with Crippen molar-refractivity contribution in [2.24, 2.45) is 0 Å². The number of carbonyl (C=O) groups is 2. The van der Waals surface area contributed by atoms with Gasteiger partial charge in [-0.05, 0) is 30.3 Å². The molecule has 0 aromatic heterocycles. The Morgan fingerprint density at radius 2 is 1.72 bits per heavy atom. The molecule has 1 aliphatic heterocycles. The standard InChI is InChI=1S/C17H14N2O5S/c1-24-10-15-14-9-11(7-8-13(14)16(20)18-17(15)21)19-25(22,23)12-5-3-2-4-6-12/h2-10,19H,1H3,(H,18,20,21). The molecular weight excluding hydrogens is 344 g/mol. The first-order valence-corrected chi connectivity index (χ1v) is 8.71. The molecule has 0 bridgehead atoms. The molecular formula is C17H14N2O5S. The number of ether oxygens (including phenoxy) is 1. The molecule has 3 rings (SSSR count). The van der Waals surface area contributed by atoms with Crippen molar-refractivity contribution in [3.05, 3.63) is 65.9 Å². The van der Waals surface area contributed by atoms with Gasteiger partial charge in [0, 0.05) is 16.8 Å². The van der Waals surface area contributed by atoms with Gasteiger partial charge in [0.05, 0.1) is 23.8 Å². The van der Waals surface area contributed by atoms with Crippen LogP contribution in [0.15, 0.2) is 59.7 Å². The fourth-order valence-electron chi connectivity index (χ4n) is 2.44. The number of amides is 2. The Morgan fingerprint density at radius 3 is 2.40 bits per heavy atom. The van der Waals surface area contributed by atoms with E-state index in [0.717, 1.165) is 0 Å². The number of sulfonamides is 1. The number of hydrogen-bond donors (Lipinski definition) is 2. The van der Waals surface area contributed by atoms with E-state index in [2.05, 4.69) is 10.0 Å². The summed E-state index contributed by atoms with van der Waals surface area (Å²) in [5, 5.41) is 2.20. The minimum atomic E-state index is -3.78. The highest BCUT2D eigenvalue weighted by Gasteiger charge is 2.28. The maximum atomic E-state index is 12.4. The zero-order valence-corrected chi connectivity index (χ0v) is 14.0. The average molecular weight is 358 g/mol. The van der Waals surface area contributed by atoms with Crippen molar-refractivity contribution in [1.82, 2.24) is 5.32 Å². The fraction of sp³-hybridized carbons (Fsp3) is 0.0588. The Balaban J connectivity index is 2.02. The van der Waals surface area contributed by atoms with Gasteiger partial charge in [0.25, 0.3) is 21.8 Å². The molecule has 25 heavy (non-hydrogen) atoms. The Morgan fingerprint density at radius 1 is 1.00 bits per heavy atom. The zero-order chi connectivity index (χ0) is 18.0. The van der Waals surface area contributed by atoms with Gasteiger partial charge in [-0.15, -0.1) is 0 Å². The molecule has 2 aromatic rings. The number of fused-ring (bicyclic) bond motifs is 1. The second-order valence-electron chi connectivity index (χ2n) is 5.23. The molecule has 0 saturated heterocycles. The minimum Gasteiger partial charge on any atom is -0.504 e. The van der Waals surface area contributed by atoms with Crippen LogP contribution in [-0.4, -0.2) is 27.3 Å². The molecule has 0 radical (unpaired) electrons. The fourth-order valence-corrected chi connectivity index (χ4v) is 3.51. The molecule has 1 heterocycles.